The van der Waals surface area contributed by atoms with E-state index in [0.29, 0.717) is 49.3 Å². The van der Waals surface area contributed by atoms with Gasteiger partial charge in [0.05, 0.1) is 26.1 Å². The van der Waals surface area contributed by atoms with Crippen LogP contribution < -0.4 is 9.47 Å². The first-order valence-electron chi connectivity index (χ1n) is 14.4. The number of carbonyl (C=O) groups is 2. The minimum Gasteiger partial charge on any atom is -0.493 e. The number of nitrogens with zero attached hydrogens (tertiary/aromatic N) is 4. The van der Waals surface area contributed by atoms with E-state index in [1.807, 2.05) is 56.5 Å². The summed E-state index contributed by atoms with van der Waals surface area (Å²) in [7, 11) is 3.32. The Balaban J connectivity index is 0.000000240. The third kappa shape index (κ3) is 12.3. The number of hydrogen-bond donors (Lipinski definition) is 0. The fraction of sp³-hybridized carbons (Fsp3) is 0.394. The molecule has 4 rings (SSSR count). The number of aryl methyl sites for hydroxylation is 3. The van der Waals surface area contributed by atoms with E-state index in [2.05, 4.69) is 19.9 Å². The molecule has 0 saturated heterocycles. The minimum absolute atomic E-state index is 0.0419. The molecule has 0 saturated carbocycles. The van der Waals surface area contributed by atoms with E-state index in [9.17, 15) is 9.59 Å². The first-order chi connectivity index (χ1) is 21.3. The Hall–Kier alpha value is -4.06. The summed E-state index contributed by atoms with van der Waals surface area (Å²) in [4.78, 5) is 41.7. The van der Waals surface area contributed by atoms with Crippen molar-refractivity contribution in [2.24, 2.45) is 0 Å². The molecule has 4 aromatic rings. The van der Waals surface area contributed by atoms with Crippen molar-refractivity contribution in [3.63, 3.8) is 0 Å². The van der Waals surface area contributed by atoms with Gasteiger partial charge in [0.15, 0.2) is 11.6 Å². The molecular weight excluding hydrogens is 580 g/mol. The molecule has 0 aromatic carbocycles. The van der Waals surface area contributed by atoms with Crippen LogP contribution in [-0.4, -0.2) is 72.1 Å². The third-order valence-corrected chi connectivity index (χ3v) is 6.96. The lowest BCUT2D eigenvalue weighted by molar-refractivity contribution is 0.0979. The summed E-state index contributed by atoms with van der Waals surface area (Å²) in [6.45, 7) is 8.02. The standard InChI is InChI=1S/C17H20N2O3.C16H20N2O3S/c1-13-10-15(22-9-5-8-21-2)12-16(19-13)17(20)11-14-6-3-4-7-18-14;1-11-7-13(21-6-4-5-20-3)8-14(17-11)15(19)9-16-18-12(2)10-22-16/h3-4,6-7,10,12H,5,8-9,11H2,1-2H3;7-8,10H,4-6,9H2,1-3H3. The molecule has 0 amide bonds. The second-order valence-electron chi connectivity index (χ2n) is 9.95. The summed E-state index contributed by atoms with van der Waals surface area (Å²) in [5.74, 6) is 1.22. The number of ether oxygens (including phenoxy) is 4. The number of Topliss-reactive ketones (excluding diaryl/α,β-unsaturated/α-hetero) is 2. The molecule has 11 heteroatoms. The first-order valence-corrected chi connectivity index (χ1v) is 15.2. The van der Waals surface area contributed by atoms with Crippen molar-refractivity contribution in [1.82, 2.24) is 19.9 Å². The van der Waals surface area contributed by atoms with Gasteiger partial charge in [0.2, 0.25) is 0 Å². The normalized spacial score (nSPS) is 10.6. The van der Waals surface area contributed by atoms with E-state index >= 15 is 0 Å². The molecule has 0 bridgehead atoms. The van der Waals surface area contributed by atoms with Crippen LogP contribution in [0.2, 0.25) is 0 Å². The molecule has 10 nitrogen and oxygen atoms in total. The number of hydrogen-bond acceptors (Lipinski definition) is 11. The molecule has 0 unspecified atom stereocenters. The van der Waals surface area contributed by atoms with Crippen LogP contribution in [0, 0.1) is 20.8 Å². The van der Waals surface area contributed by atoms with Gasteiger partial charge in [-0.05, 0) is 32.9 Å². The molecule has 0 atom stereocenters. The van der Waals surface area contributed by atoms with Gasteiger partial charge < -0.3 is 18.9 Å². The Morgan fingerprint density at radius 1 is 0.705 bits per heavy atom. The Kier molecular flexibility index (Phi) is 14.5. The summed E-state index contributed by atoms with van der Waals surface area (Å²) in [5, 5.41) is 2.75. The monoisotopic (exact) mass is 620 g/mol. The Labute approximate surface area is 262 Å². The molecule has 0 aliphatic rings. The zero-order valence-corrected chi connectivity index (χ0v) is 26.8. The maximum atomic E-state index is 12.3. The number of aromatic nitrogens is 4. The van der Waals surface area contributed by atoms with Gasteiger partial charge >= 0.3 is 0 Å². The van der Waals surface area contributed by atoms with Crippen LogP contribution >= 0.6 is 11.3 Å². The molecule has 4 heterocycles. The number of ketones is 2. The van der Waals surface area contributed by atoms with Crippen molar-refractivity contribution < 1.29 is 28.5 Å². The quantitative estimate of drug-likeness (QED) is 0.115. The summed E-state index contributed by atoms with van der Waals surface area (Å²) in [5.41, 5.74) is 4.03. The smallest absolute Gasteiger partial charge is 0.188 e. The van der Waals surface area contributed by atoms with Crippen molar-refractivity contribution in [2.45, 2.75) is 46.5 Å². The fourth-order valence-corrected chi connectivity index (χ4v) is 4.75. The summed E-state index contributed by atoms with van der Waals surface area (Å²) >= 11 is 1.50. The Morgan fingerprint density at radius 2 is 1.27 bits per heavy atom. The molecule has 0 N–H and O–H groups in total. The zero-order valence-electron chi connectivity index (χ0n) is 26.0. The first kappa shape index (κ1) is 34.4. The zero-order chi connectivity index (χ0) is 31.7. The molecule has 234 valence electrons. The van der Waals surface area contributed by atoms with Crippen LogP contribution in [0.15, 0.2) is 54.0 Å². The lowest BCUT2D eigenvalue weighted by atomic mass is 10.1. The number of rotatable bonds is 16. The lowest BCUT2D eigenvalue weighted by Gasteiger charge is -2.08. The number of thiazole rings is 1. The largest absolute Gasteiger partial charge is 0.493 e. The van der Waals surface area contributed by atoms with Crippen molar-refractivity contribution in [3.05, 3.63) is 93.2 Å². The summed E-state index contributed by atoms with van der Waals surface area (Å²) in [6.07, 6.45) is 3.80. The van der Waals surface area contributed by atoms with Gasteiger partial charge in [-0.15, -0.1) is 11.3 Å². The highest BCUT2D eigenvalue weighted by atomic mass is 32.1. The molecule has 0 fully saturated rings. The van der Waals surface area contributed by atoms with Crippen LogP contribution in [0.1, 0.15) is 61.6 Å². The molecular formula is C33H40N4O6S. The summed E-state index contributed by atoms with van der Waals surface area (Å²) < 4.78 is 21.3. The van der Waals surface area contributed by atoms with Crippen LogP contribution in [0.3, 0.4) is 0 Å². The second kappa shape index (κ2) is 18.6. The molecule has 0 aliphatic carbocycles. The number of carbonyl (C=O) groups excluding carboxylic acids is 2. The van der Waals surface area contributed by atoms with Crippen molar-refractivity contribution in [1.29, 1.82) is 0 Å². The average Bonchev–Trinajstić information content (AvgIpc) is 3.42. The van der Waals surface area contributed by atoms with Gasteiger partial charge in [0.25, 0.3) is 0 Å². The fourth-order valence-electron chi connectivity index (χ4n) is 3.98. The van der Waals surface area contributed by atoms with E-state index in [4.69, 9.17) is 18.9 Å². The van der Waals surface area contributed by atoms with Crippen LogP contribution in [0.25, 0.3) is 0 Å². The van der Waals surface area contributed by atoms with Crippen molar-refractivity contribution >= 4 is 22.9 Å². The van der Waals surface area contributed by atoms with E-state index in [1.54, 1.807) is 32.5 Å². The predicted octanol–water partition coefficient (Wildman–Crippen LogP) is 5.62. The molecule has 4 aromatic heterocycles. The van der Waals surface area contributed by atoms with Gasteiger partial charge in [-0.3, -0.25) is 14.6 Å². The van der Waals surface area contributed by atoms with E-state index in [-0.39, 0.29) is 24.4 Å². The van der Waals surface area contributed by atoms with Gasteiger partial charge in [-0.25, -0.2) is 15.0 Å². The molecule has 44 heavy (non-hydrogen) atoms. The van der Waals surface area contributed by atoms with Gasteiger partial charge in [-0.1, -0.05) is 6.07 Å². The highest BCUT2D eigenvalue weighted by molar-refractivity contribution is 7.09. The van der Waals surface area contributed by atoms with Gasteiger partial charge in [0, 0.05) is 98.9 Å². The van der Waals surface area contributed by atoms with E-state index in [0.717, 1.165) is 40.6 Å². The summed E-state index contributed by atoms with van der Waals surface area (Å²) in [6, 6.07) is 12.6. The highest BCUT2D eigenvalue weighted by Crippen LogP contribution is 2.18. The Bertz CT molecular complexity index is 1480. The number of pyridine rings is 3. The van der Waals surface area contributed by atoms with Crippen LogP contribution in [0.4, 0.5) is 0 Å². The van der Waals surface area contributed by atoms with Gasteiger partial charge in [0.1, 0.15) is 27.9 Å². The third-order valence-electron chi connectivity index (χ3n) is 5.99. The van der Waals surface area contributed by atoms with Crippen molar-refractivity contribution in [2.75, 3.05) is 40.6 Å². The Morgan fingerprint density at radius 3 is 1.75 bits per heavy atom. The minimum atomic E-state index is -0.0656. The highest BCUT2D eigenvalue weighted by Gasteiger charge is 2.14. The number of methoxy groups -OCH3 is 2. The molecule has 0 aliphatic heterocycles. The molecule has 0 spiro atoms. The predicted molar refractivity (Wildman–Crippen MR) is 169 cm³/mol. The maximum absolute atomic E-state index is 12.3. The van der Waals surface area contributed by atoms with Crippen LogP contribution in [0.5, 0.6) is 11.5 Å². The molecule has 0 radical (unpaired) electrons. The average molecular weight is 621 g/mol. The second-order valence-corrected chi connectivity index (χ2v) is 10.9. The lowest BCUT2D eigenvalue weighted by Crippen LogP contribution is -2.09. The van der Waals surface area contributed by atoms with Crippen molar-refractivity contribution in [3.8, 4) is 11.5 Å². The van der Waals surface area contributed by atoms with Gasteiger partial charge in [-0.2, -0.15) is 0 Å². The van der Waals surface area contributed by atoms with E-state index in [1.165, 1.54) is 11.3 Å². The van der Waals surface area contributed by atoms with Crippen LogP contribution in [-0.2, 0) is 22.3 Å². The maximum Gasteiger partial charge on any atom is 0.188 e. The SMILES string of the molecule is COCCCOc1cc(C)nc(C(=O)Cc2ccccn2)c1.COCCCOc1cc(C)nc(C(=O)Cc2nc(C)cs2)c1. The topological polar surface area (TPSA) is 123 Å². The van der Waals surface area contributed by atoms with E-state index < -0.39 is 0 Å².